The van der Waals surface area contributed by atoms with Crippen LogP contribution < -0.4 is 21.5 Å². The number of nitrogens with one attached hydrogen (secondary N) is 1. The Morgan fingerprint density at radius 2 is 1.97 bits per heavy atom. The van der Waals surface area contributed by atoms with Crippen LogP contribution in [-0.4, -0.2) is 39.6 Å². The zero-order chi connectivity index (χ0) is 26.6. The van der Waals surface area contributed by atoms with Crippen LogP contribution in [0.25, 0.3) is 0 Å². The first-order chi connectivity index (χ1) is 17.0. The molecule has 3 rings (SSSR count). The molecule has 0 aliphatic rings. The van der Waals surface area contributed by atoms with Crippen LogP contribution >= 0.6 is 11.5 Å². The van der Waals surface area contributed by atoms with E-state index in [1.807, 2.05) is 26.8 Å². The monoisotopic (exact) mass is 513 g/mol. The number of amides is 3. The van der Waals surface area contributed by atoms with Gasteiger partial charge in [-0.3, -0.25) is 14.4 Å². The Bertz CT molecular complexity index is 1270. The lowest BCUT2D eigenvalue weighted by Crippen LogP contribution is -2.50. The van der Waals surface area contributed by atoms with Crippen molar-refractivity contribution in [1.29, 1.82) is 0 Å². The van der Waals surface area contributed by atoms with Crippen molar-refractivity contribution < 1.29 is 23.5 Å². The number of carbonyl (C=O) groups excluding carboxylic acids is 3. The molecule has 1 atom stereocenters. The number of aromatic nitrogens is 1. The molecule has 0 unspecified atom stereocenters. The summed E-state index contributed by atoms with van der Waals surface area (Å²) in [7, 11) is 1.54. The minimum Gasteiger partial charge on any atom is -0.497 e. The van der Waals surface area contributed by atoms with E-state index in [1.165, 1.54) is 4.90 Å². The average molecular weight is 514 g/mol. The van der Waals surface area contributed by atoms with Gasteiger partial charge in [0.2, 0.25) is 0 Å². The van der Waals surface area contributed by atoms with Crippen molar-refractivity contribution in [1.82, 2.24) is 14.6 Å². The molecule has 3 amide bonds. The quantitative estimate of drug-likeness (QED) is 0.375. The number of rotatable bonds is 10. The van der Waals surface area contributed by atoms with Gasteiger partial charge in [0, 0.05) is 12.1 Å². The van der Waals surface area contributed by atoms with E-state index in [9.17, 15) is 14.4 Å². The molecule has 0 spiro atoms. The van der Waals surface area contributed by atoms with Crippen LogP contribution in [0.4, 0.5) is 5.69 Å². The third-order valence-corrected chi connectivity index (χ3v) is 6.69. The molecule has 0 saturated carbocycles. The summed E-state index contributed by atoms with van der Waals surface area (Å²) in [6.45, 7) is 7.51. The SMILES string of the molecule is CCC(C)(C)NC(=O)[C@@H](c1ccc(C)o1)N(Cc1cccc(OC)c1)C(=O)c1snc(C(N)=O)c1N. The normalized spacial score (nSPS) is 12.1. The first kappa shape index (κ1) is 26.7. The summed E-state index contributed by atoms with van der Waals surface area (Å²) in [6, 6.07) is 9.39. The number of nitrogen functional groups attached to an aromatic ring is 1. The zero-order valence-electron chi connectivity index (χ0n) is 21.0. The van der Waals surface area contributed by atoms with Crippen molar-refractivity contribution in [2.24, 2.45) is 5.73 Å². The highest BCUT2D eigenvalue weighted by molar-refractivity contribution is 7.09. The third-order valence-electron chi connectivity index (χ3n) is 5.84. The van der Waals surface area contributed by atoms with Gasteiger partial charge in [-0.1, -0.05) is 19.1 Å². The topological polar surface area (TPSA) is 154 Å². The fraction of sp³-hybridized carbons (Fsp3) is 0.360. The van der Waals surface area contributed by atoms with E-state index in [1.54, 1.807) is 44.4 Å². The summed E-state index contributed by atoms with van der Waals surface area (Å²) in [5.74, 6) is -0.404. The van der Waals surface area contributed by atoms with Crippen molar-refractivity contribution in [3.8, 4) is 5.75 Å². The van der Waals surface area contributed by atoms with Crippen LogP contribution in [0.1, 0.15) is 70.5 Å². The summed E-state index contributed by atoms with van der Waals surface area (Å²) < 4.78 is 15.1. The molecule has 3 aromatic rings. The summed E-state index contributed by atoms with van der Waals surface area (Å²) in [5, 5.41) is 3.01. The van der Waals surface area contributed by atoms with Gasteiger partial charge in [0.15, 0.2) is 11.7 Å². The average Bonchev–Trinajstić information content (AvgIpc) is 3.43. The molecule has 0 saturated heterocycles. The highest BCUT2D eigenvalue weighted by Gasteiger charge is 2.38. The molecule has 1 aromatic carbocycles. The Morgan fingerprint density at radius 3 is 2.53 bits per heavy atom. The van der Waals surface area contributed by atoms with E-state index in [-0.39, 0.29) is 28.6 Å². The number of nitrogens with zero attached hydrogens (tertiary/aromatic N) is 2. The first-order valence-corrected chi connectivity index (χ1v) is 12.1. The van der Waals surface area contributed by atoms with E-state index >= 15 is 0 Å². The first-order valence-electron chi connectivity index (χ1n) is 11.3. The molecule has 192 valence electrons. The Hall–Kier alpha value is -3.86. The fourth-order valence-electron chi connectivity index (χ4n) is 3.52. The molecule has 2 aromatic heterocycles. The Morgan fingerprint density at radius 1 is 1.25 bits per heavy atom. The number of hydrogen-bond donors (Lipinski definition) is 3. The molecule has 0 fully saturated rings. The van der Waals surface area contributed by atoms with Crippen LogP contribution in [0.5, 0.6) is 5.75 Å². The Balaban J connectivity index is 2.15. The maximum absolute atomic E-state index is 13.9. The standard InChI is InChI=1S/C25H31N5O5S/c1-6-25(3,4)28-23(32)20(17-11-10-14(2)35-17)30(13-15-8-7-9-16(12-15)34-5)24(33)21-18(26)19(22(27)31)29-36-21/h7-12,20H,6,13,26H2,1-5H3,(H2,27,31)(H,28,32)/t20-/m1/s1. The maximum atomic E-state index is 13.9. The summed E-state index contributed by atoms with van der Waals surface area (Å²) >= 11 is 0.752. The smallest absolute Gasteiger partial charge is 0.270 e. The summed E-state index contributed by atoms with van der Waals surface area (Å²) in [4.78, 5) is 40.7. The number of methoxy groups -OCH3 is 1. The lowest BCUT2D eigenvalue weighted by molar-refractivity contribution is -0.128. The molecule has 2 heterocycles. The molecule has 0 aliphatic carbocycles. The number of primary amides is 1. The van der Waals surface area contributed by atoms with E-state index in [4.69, 9.17) is 20.6 Å². The van der Waals surface area contributed by atoms with Crippen molar-refractivity contribution in [3.05, 3.63) is 64.1 Å². The van der Waals surface area contributed by atoms with Crippen LogP contribution in [0, 0.1) is 6.92 Å². The van der Waals surface area contributed by atoms with Gasteiger partial charge >= 0.3 is 0 Å². The van der Waals surface area contributed by atoms with Gasteiger partial charge in [0.1, 0.15) is 22.1 Å². The third kappa shape index (κ3) is 5.85. The highest BCUT2D eigenvalue weighted by atomic mass is 32.1. The number of nitrogens with two attached hydrogens (primary N) is 2. The summed E-state index contributed by atoms with van der Waals surface area (Å²) in [5.41, 5.74) is 11.3. The lowest BCUT2D eigenvalue weighted by atomic mass is 10.0. The van der Waals surface area contributed by atoms with E-state index < -0.39 is 29.3 Å². The minimum absolute atomic E-state index is 0.00234. The Labute approximate surface area is 213 Å². The summed E-state index contributed by atoms with van der Waals surface area (Å²) in [6.07, 6.45) is 0.663. The lowest BCUT2D eigenvalue weighted by Gasteiger charge is -2.33. The minimum atomic E-state index is -1.14. The van der Waals surface area contributed by atoms with Crippen LogP contribution in [0.15, 0.2) is 40.8 Å². The molecule has 11 heteroatoms. The van der Waals surface area contributed by atoms with E-state index in [2.05, 4.69) is 9.69 Å². The molecular weight excluding hydrogens is 482 g/mol. The Kier molecular flexibility index (Phi) is 8.03. The van der Waals surface area contributed by atoms with E-state index in [0.29, 0.717) is 23.5 Å². The van der Waals surface area contributed by atoms with Gasteiger partial charge in [0.05, 0.1) is 12.8 Å². The largest absolute Gasteiger partial charge is 0.497 e. The van der Waals surface area contributed by atoms with Crippen molar-refractivity contribution >= 4 is 34.9 Å². The van der Waals surface area contributed by atoms with Crippen LogP contribution in [0.2, 0.25) is 0 Å². The maximum Gasteiger partial charge on any atom is 0.270 e. The van der Waals surface area contributed by atoms with Crippen molar-refractivity contribution in [2.75, 3.05) is 12.8 Å². The van der Waals surface area contributed by atoms with Crippen LogP contribution in [-0.2, 0) is 11.3 Å². The number of furan rings is 1. The zero-order valence-corrected chi connectivity index (χ0v) is 21.8. The highest BCUT2D eigenvalue weighted by Crippen LogP contribution is 2.32. The van der Waals surface area contributed by atoms with Crippen molar-refractivity contribution in [3.63, 3.8) is 0 Å². The number of benzene rings is 1. The van der Waals surface area contributed by atoms with E-state index in [0.717, 1.165) is 11.5 Å². The number of anilines is 1. The molecule has 0 aliphatic heterocycles. The molecule has 0 bridgehead atoms. The predicted molar refractivity (Wildman–Crippen MR) is 137 cm³/mol. The number of hydrogen-bond acceptors (Lipinski definition) is 8. The van der Waals surface area contributed by atoms with Gasteiger partial charge in [-0.2, -0.15) is 4.37 Å². The second-order valence-corrected chi connectivity index (χ2v) is 9.77. The molecule has 10 nitrogen and oxygen atoms in total. The molecule has 0 radical (unpaired) electrons. The second kappa shape index (κ2) is 10.8. The van der Waals surface area contributed by atoms with Crippen LogP contribution in [0.3, 0.4) is 0 Å². The number of aryl methyl sites for hydroxylation is 1. The molecule has 36 heavy (non-hydrogen) atoms. The number of carbonyl (C=O) groups is 3. The van der Waals surface area contributed by atoms with Gasteiger partial charge in [0.25, 0.3) is 17.7 Å². The second-order valence-electron chi connectivity index (χ2n) is 9.00. The molecule has 5 N–H and O–H groups in total. The fourth-order valence-corrected chi connectivity index (χ4v) is 4.28. The van der Waals surface area contributed by atoms with Crippen molar-refractivity contribution in [2.45, 2.75) is 52.2 Å². The number of ether oxygens (including phenoxy) is 1. The van der Waals surface area contributed by atoms with Gasteiger partial charge in [-0.05, 0) is 68.6 Å². The van der Waals surface area contributed by atoms with Gasteiger partial charge < -0.3 is 30.8 Å². The van der Waals surface area contributed by atoms with Gasteiger partial charge in [-0.15, -0.1) is 0 Å². The van der Waals surface area contributed by atoms with Gasteiger partial charge in [-0.25, -0.2) is 0 Å². The molecular formula is C25H31N5O5S. The predicted octanol–water partition coefficient (Wildman–Crippen LogP) is 3.42.